The summed E-state index contributed by atoms with van der Waals surface area (Å²) in [4.78, 5) is 29.3. The lowest BCUT2D eigenvalue weighted by Gasteiger charge is -2.14. The van der Waals surface area contributed by atoms with Gasteiger partial charge in [0.15, 0.2) is 12.0 Å². The van der Waals surface area contributed by atoms with Crippen molar-refractivity contribution in [3.05, 3.63) is 76.9 Å². The maximum atomic E-state index is 14.5. The Bertz CT molecular complexity index is 1210. The van der Waals surface area contributed by atoms with Gasteiger partial charge in [0.1, 0.15) is 17.7 Å². The highest BCUT2D eigenvalue weighted by Crippen LogP contribution is 2.39. The van der Waals surface area contributed by atoms with Gasteiger partial charge in [0.05, 0.1) is 11.7 Å². The van der Waals surface area contributed by atoms with Crippen LogP contribution in [0.25, 0.3) is 0 Å². The second-order valence-corrected chi connectivity index (χ2v) is 7.84. The molecule has 7 nitrogen and oxygen atoms in total. The monoisotopic (exact) mass is 441 g/mol. The second-order valence-electron chi connectivity index (χ2n) is 7.84. The van der Waals surface area contributed by atoms with Crippen molar-refractivity contribution >= 4 is 17.5 Å². The Hall–Kier alpha value is -3.69. The molecule has 3 atom stereocenters. The summed E-state index contributed by atoms with van der Waals surface area (Å²) in [6.45, 7) is 0. The molecule has 0 fully saturated rings. The minimum absolute atomic E-state index is 0.0549. The van der Waals surface area contributed by atoms with Crippen molar-refractivity contribution in [3.63, 3.8) is 0 Å². The van der Waals surface area contributed by atoms with Crippen LogP contribution in [0.4, 0.5) is 18.9 Å². The predicted molar refractivity (Wildman–Crippen MR) is 108 cm³/mol. The Morgan fingerprint density at radius 3 is 2.75 bits per heavy atom. The van der Waals surface area contributed by atoms with Crippen LogP contribution in [0.5, 0.6) is 0 Å². The second kappa shape index (κ2) is 7.77. The maximum Gasteiger partial charge on any atom is 0.291 e. The van der Waals surface area contributed by atoms with Gasteiger partial charge in [0.25, 0.3) is 5.91 Å². The number of nitrogens with zero attached hydrogens (tertiary/aromatic N) is 3. The number of benzene rings is 2. The van der Waals surface area contributed by atoms with Crippen LogP contribution < -0.4 is 10.6 Å². The average molecular weight is 441 g/mol. The fraction of sp³-hybridized carbons (Fsp3) is 0.273. The number of hydrogen-bond donors (Lipinski definition) is 2. The van der Waals surface area contributed by atoms with Crippen LogP contribution in [0.3, 0.4) is 0 Å². The minimum atomic E-state index is -1.37. The van der Waals surface area contributed by atoms with E-state index in [0.29, 0.717) is 11.6 Å². The molecule has 2 amide bonds. The van der Waals surface area contributed by atoms with Crippen LogP contribution >= 0.6 is 0 Å². The van der Waals surface area contributed by atoms with Gasteiger partial charge in [-0.3, -0.25) is 9.59 Å². The molecule has 0 saturated carbocycles. The third-order valence-electron chi connectivity index (χ3n) is 5.76. The molecule has 0 radical (unpaired) electrons. The molecule has 2 aliphatic rings. The lowest BCUT2D eigenvalue weighted by molar-refractivity contribution is -0.118. The number of nitrogens with one attached hydrogen (secondary N) is 2. The van der Waals surface area contributed by atoms with E-state index in [2.05, 4.69) is 20.7 Å². The molecule has 0 unspecified atom stereocenters. The summed E-state index contributed by atoms with van der Waals surface area (Å²) >= 11 is 0. The van der Waals surface area contributed by atoms with Crippen molar-refractivity contribution in [2.24, 2.45) is 0 Å². The first-order chi connectivity index (χ1) is 15.4. The number of amides is 2. The van der Waals surface area contributed by atoms with Gasteiger partial charge in [-0.15, -0.1) is 5.10 Å². The Balaban J connectivity index is 1.35. The molecular weight excluding hydrogens is 423 g/mol. The minimum Gasteiger partial charge on any atom is -0.337 e. The van der Waals surface area contributed by atoms with E-state index in [0.717, 1.165) is 11.6 Å². The molecule has 2 aromatic carbocycles. The zero-order chi connectivity index (χ0) is 22.4. The van der Waals surface area contributed by atoms with Crippen molar-refractivity contribution in [1.29, 1.82) is 0 Å². The molecule has 32 heavy (non-hydrogen) atoms. The largest absolute Gasteiger partial charge is 0.337 e. The van der Waals surface area contributed by atoms with Crippen LogP contribution in [0, 0.1) is 11.6 Å². The number of hydrogen-bond acceptors (Lipinski definition) is 4. The van der Waals surface area contributed by atoms with Gasteiger partial charge in [-0.1, -0.05) is 30.3 Å². The lowest BCUT2D eigenvalue weighted by Crippen LogP contribution is -2.43. The van der Waals surface area contributed by atoms with Crippen molar-refractivity contribution in [2.45, 2.75) is 37.5 Å². The number of carbonyl (C=O) groups excluding carboxylic acids is 2. The molecule has 0 spiro atoms. The molecule has 10 heteroatoms. The Kier molecular flexibility index (Phi) is 4.91. The smallest absolute Gasteiger partial charge is 0.291 e. The van der Waals surface area contributed by atoms with Crippen molar-refractivity contribution in [3.8, 4) is 0 Å². The fourth-order valence-corrected chi connectivity index (χ4v) is 4.19. The third kappa shape index (κ3) is 3.51. The van der Waals surface area contributed by atoms with Crippen LogP contribution in [0.1, 0.15) is 52.6 Å². The van der Waals surface area contributed by atoms with E-state index < -0.39 is 35.7 Å². The Morgan fingerprint density at radius 1 is 1.19 bits per heavy atom. The highest BCUT2D eigenvalue weighted by Gasteiger charge is 2.37. The predicted octanol–water partition coefficient (Wildman–Crippen LogP) is 3.24. The summed E-state index contributed by atoms with van der Waals surface area (Å²) in [6.07, 6.45) is -0.905. The molecule has 0 saturated heterocycles. The zero-order valence-electron chi connectivity index (χ0n) is 16.7. The number of halogens is 3. The van der Waals surface area contributed by atoms with E-state index >= 15 is 0 Å². The fourth-order valence-electron chi connectivity index (χ4n) is 4.19. The first-order valence-electron chi connectivity index (χ1n) is 10.2. The number of aryl methyl sites for hydroxylation is 1. The van der Waals surface area contributed by atoms with E-state index in [4.69, 9.17) is 0 Å². The number of fused-ring (bicyclic) bond motifs is 2. The molecular formula is C22H18F3N5O2. The van der Waals surface area contributed by atoms with Crippen LogP contribution in [-0.4, -0.2) is 32.6 Å². The molecule has 5 rings (SSSR count). The van der Waals surface area contributed by atoms with Gasteiger partial charge in [0, 0.05) is 12.5 Å². The van der Waals surface area contributed by atoms with E-state index in [9.17, 15) is 22.8 Å². The SMILES string of the molecule is O=C(N[C@H]1CCc2cc(F)cc(F)c2NC1=O)c1nc2n(n1)[C@@H](c1ccccc1)C[C@@H]2F. The molecule has 2 aliphatic heterocycles. The molecule has 3 heterocycles. The van der Waals surface area contributed by atoms with Crippen LogP contribution in [0.15, 0.2) is 42.5 Å². The molecule has 3 aromatic rings. The van der Waals surface area contributed by atoms with Gasteiger partial charge in [-0.25, -0.2) is 22.8 Å². The highest BCUT2D eigenvalue weighted by atomic mass is 19.1. The molecule has 164 valence electrons. The van der Waals surface area contributed by atoms with Crippen molar-refractivity contribution < 1.29 is 22.8 Å². The standard InChI is InChI=1S/C22H18F3N5O2/c23-13-8-12-6-7-16(21(31)27-18(12)14(24)9-13)26-22(32)19-28-20-15(25)10-17(30(20)29-19)11-4-2-1-3-5-11/h1-5,8-9,15-17H,6-7,10H2,(H,26,32)(H,27,31)/t15-,16-,17+/m0/s1. The Morgan fingerprint density at radius 2 is 1.97 bits per heavy atom. The lowest BCUT2D eigenvalue weighted by atomic mass is 10.0. The van der Waals surface area contributed by atoms with Crippen LogP contribution in [-0.2, 0) is 11.2 Å². The van der Waals surface area contributed by atoms with E-state index in [1.54, 1.807) is 0 Å². The van der Waals surface area contributed by atoms with Gasteiger partial charge in [-0.05, 0) is 30.0 Å². The summed E-state index contributed by atoms with van der Waals surface area (Å²) in [5.41, 5.74) is 1.05. The van der Waals surface area contributed by atoms with Gasteiger partial charge < -0.3 is 10.6 Å². The van der Waals surface area contributed by atoms with Crippen LogP contribution in [0.2, 0.25) is 0 Å². The average Bonchev–Trinajstić information content (AvgIpc) is 3.29. The first-order valence-corrected chi connectivity index (χ1v) is 10.2. The maximum absolute atomic E-state index is 14.5. The van der Waals surface area contributed by atoms with Gasteiger partial charge >= 0.3 is 0 Å². The quantitative estimate of drug-likeness (QED) is 0.653. The summed E-state index contributed by atoms with van der Waals surface area (Å²) < 4.78 is 43.5. The Labute approximate surface area is 180 Å². The normalized spacial score (nSPS) is 22.0. The van der Waals surface area contributed by atoms with E-state index in [1.807, 2.05) is 30.3 Å². The number of anilines is 1. The van der Waals surface area contributed by atoms with Crippen molar-refractivity contribution in [2.75, 3.05) is 5.32 Å². The van der Waals surface area contributed by atoms with Gasteiger partial charge in [0.2, 0.25) is 11.7 Å². The molecule has 0 bridgehead atoms. The zero-order valence-corrected chi connectivity index (χ0v) is 16.7. The molecule has 2 N–H and O–H groups in total. The summed E-state index contributed by atoms with van der Waals surface area (Å²) in [5.74, 6) is -3.21. The third-order valence-corrected chi connectivity index (χ3v) is 5.76. The highest BCUT2D eigenvalue weighted by molar-refractivity contribution is 6.00. The van der Waals surface area contributed by atoms with Crippen molar-refractivity contribution in [1.82, 2.24) is 20.1 Å². The number of rotatable bonds is 3. The number of aromatic nitrogens is 3. The molecule has 0 aliphatic carbocycles. The number of alkyl halides is 1. The number of carbonyl (C=O) groups is 2. The molecule has 1 aromatic heterocycles. The summed E-state index contributed by atoms with van der Waals surface area (Å²) in [5, 5.41) is 9.11. The first kappa shape index (κ1) is 20.2. The summed E-state index contributed by atoms with van der Waals surface area (Å²) in [6, 6.07) is 9.66. The van der Waals surface area contributed by atoms with E-state index in [-0.39, 0.29) is 42.6 Å². The van der Waals surface area contributed by atoms with E-state index in [1.165, 1.54) is 4.68 Å². The van der Waals surface area contributed by atoms with Gasteiger partial charge in [-0.2, -0.15) is 0 Å². The topological polar surface area (TPSA) is 88.9 Å². The summed E-state index contributed by atoms with van der Waals surface area (Å²) in [7, 11) is 0.